The molecule has 0 rings (SSSR count). The zero-order valence-corrected chi connectivity index (χ0v) is 4.46. The maximum absolute atomic E-state index is 7.90. The fourth-order valence-corrected chi connectivity index (χ4v) is 0.200. The number of hydrogen-bond donors (Lipinski definition) is 1. The highest BCUT2D eigenvalue weighted by Gasteiger charge is 1.89. The molecule has 0 saturated carbocycles. The highest BCUT2D eigenvalue weighted by atomic mass is 16.4. The van der Waals surface area contributed by atoms with E-state index < -0.39 is 0 Å². The van der Waals surface area contributed by atoms with Crippen molar-refractivity contribution in [3.05, 3.63) is 6.92 Å². The van der Waals surface area contributed by atoms with Crippen LogP contribution in [0.1, 0.15) is 13.3 Å². The van der Waals surface area contributed by atoms with Crippen molar-refractivity contribution in [1.29, 1.82) is 0 Å². The van der Waals surface area contributed by atoms with Crippen molar-refractivity contribution in [3.63, 3.8) is 0 Å². The average molecular weight is 100 g/mol. The van der Waals surface area contributed by atoms with Crippen LogP contribution in [0.25, 0.3) is 0 Å². The largest absolute Gasteiger partial charge is 0.411 e. The van der Waals surface area contributed by atoms with Gasteiger partial charge in [0.1, 0.15) is 0 Å². The number of nitrogens with zero attached hydrogens (tertiary/aromatic N) is 1. The van der Waals surface area contributed by atoms with E-state index in [1.165, 1.54) is 6.21 Å². The predicted molar refractivity (Wildman–Crippen MR) is 29.4 cm³/mol. The van der Waals surface area contributed by atoms with Gasteiger partial charge >= 0.3 is 0 Å². The lowest BCUT2D eigenvalue weighted by Crippen LogP contribution is -1.91. The molecule has 0 aromatic heterocycles. The molecule has 1 radical (unpaired) electrons. The molecule has 2 heteroatoms. The van der Waals surface area contributed by atoms with Crippen molar-refractivity contribution >= 4 is 6.21 Å². The van der Waals surface area contributed by atoms with Crippen LogP contribution in [0.15, 0.2) is 5.16 Å². The van der Waals surface area contributed by atoms with Crippen molar-refractivity contribution in [2.45, 2.75) is 13.3 Å². The summed E-state index contributed by atoms with van der Waals surface area (Å²) < 4.78 is 0. The van der Waals surface area contributed by atoms with Gasteiger partial charge in [-0.05, 0) is 19.3 Å². The fourth-order valence-electron chi connectivity index (χ4n) is 0.200. The summed E-state index contributed by atoms with van der Waals surface area (Å²) in [6.07, 6.45) is 2.34. The molecular formula is C5H10NO. The Morgan fingerprint density at radius 1 is 2.00 bits per heavy atom. The Morgan fingerprint density at radius 3 is 2.71 bits per heavy atom. The molecule has 2 nitrogen and oxygen atoms in total. The van der Waals surface area contributed by atoms with Gasteiger partial charge in [-0.25, -0.2) is 0 Å². The number of oxime groups is 1. The second-order valence-corrected chi connectivity index (χ2v) is 1.43. The third-order valence-electron chi connectivity index (χ3n) is 0.802. The lowest BCUT2D eigenvalue weighted by Gasteiger charge is -1.93. The van der Waals surface area contributed by atoms with Crippen LogP contribution in [0.3, 0.4) is 0 Å². The minimum Gasteiger partial charge on any atom is -0.411 e. The molecule has 0 spiro atoms. The van der Waals surface area contributed by atoms with Crippen molar-refractivity contribution in [2.75, 3.05) is 0 Å². The first-order valence-electron chi connectivity index (χ1n) is 2.32. The zero-order chi connectivity index (χ0) is 5.70. The van der Waals surface area contributed by atoms with E-state index in [1.54, 1.807) is 0 Å². The van der Waals surface area contributed by atoms with Crippen molar-refractivity contribution < 1.29 is 5.21 Å². The van der Waals surface area contributed by atoms with Gasteiger partial charge in [-0.1, -0.05) is 6.92 Å². The standard InChI is InChI=1S/C5H10NO/c1-3-5(2)4-6-7/h4-5,7H,2-3H2,1H3. The van der Waals surface area contributed by atoms with Crippen LogP contribution in [-0.2, 0) is 0 Å². The SMILES string of the molecule is [CH2]C(C=NO)CC. The molecule has 0 aliphatic heterocycles. The van der Waals surface area contributed by atoms with Gasteiger partial charge in [0.2, 0.25) is 0 Å². The number of rotatable bonds is 2. The highest BCUT2D eigenvalue weighted by molar-refractivity contribution is 5.60. The molecule has 7 heavy (non-hydrogen) atoms. The summed E-state index contributed by atoms with van der Waals surface area (Å²) in [4.78, 5) is 0. The Bertz CT molecular complexity index is 61.1. The maximum Gasteiger partial charge on any atom is 0.0466 e. The first-order valence-corrected chi connectivity index (χ1v) is 2.32. The van der Waals surface area contributed by atoms with Crippen LogP contribution < -0.4 is 0 Å². The molecule has 0 aromatic rings. The van der Waals surface area contributed by atoms with Gasteiger partial charge in [0.25, 0.3) is 0 Å². The smallest absolute Gasteiger partial charge is 0.0466 e. The van der Waals surface area contributed by atoms with Crippen LogP contribution in [-0.4, -0.2) is 11.4 Å². The predicted octanol–water partition coefficient (Wildman–Crippen LogP) is 1.31. The number of hydrogen-bond acceptors (Lipinski definition) is 2. The first-order chi connectivity index (χ1) is 3.31. The van der Waals surface area contributed by atoms with E-state index in [0.717, 1.165) is 6.42 Å². The quantitative estimate of drug-likeness (QED) is 0.316. The molecule has 0 saturated heterocycles. The van der Waals surface area contributed by atoms with Crippen molar-refractivity contribution in [1.82, 2.24) is 0 Å². The minimum atomic E-state index is 0.157. The van der Waals surface area contributed by atoms with E-state index in [1.807, 2.05) is 6.92 Å². The van der Waals surface area contributed by atoms with Gasteiger partial charge in [-0.3, -0.25) is 0 Å². The maximum atomic E-state index is 7.90. The topological polar surface area (TPSA) is 32.6 Å². The summed E-state index contributed by atoms with van der Waals surface area (Å²) in [6, 6.07) is 0. The molecule has 0 heterocycles. The Hall–Kier alpha value is -0.530. The van der Waals surface area contributed by atoms with Crippen LogP contribution in [0.4, 0.5) is 0 Å². The van der Waals surface area contributed by atoms with Crippen LogP contribution in [0.2, 0.25) is 0 Å². The van der Waals surface area contributed by atoms with Gasteiger partial charge in [-0.2, -0.15) is 0 Å². The van der Waals surface area contributed by atoms with E-state index in [2.05, 4.69) is 12.1 Å². The summed E-state index contributed by atoms with van der Waals surface area (Å²) in [5.41, 5.74) is 0. The Labute approximate surface area is 43.8 Å². The highest BCUT2D eigenvalue weighted by Crippen LogP contribution is 1.92. The van der Waals surface area contributed by atoms with E-state index >= 15 is 0 Å². The summed E-state index contributed by atoms with van der Waals surface area (Å²) in [5.74, 6) is 0.157. The summed E-state index contributed by atoms with van der Waals surface area (Å²) in [6.45, 7) is 5.62. The normalized spacial score (nSPS) is 15.1. The molecule has 0 amide bonds. The second-order valence-electron chi connectivity index (χ2n) is 1.43. The second kappa shape index (κ2) is 3.65. The lowest BCUT2D eigenvalue weighted by atomic mass is 10.1. The Kier molecular flexibility index (Phi) is 3.38. The summed E-state index contributed by atoms with van der Waals surface area (Å²) >= 11 is 0. The van der Waals surface area contributed by atoms with Crippen molar-refractivity contribution in [3.8, 4) is 0 Å². The molecule has 1 unspecified atom stereocenters. The van der Waals surface area contributed by atoms with E-state index in [9.17, 15) is 0 Å². The average Bonchev–Trinajstić information content (AvgIpc) is 1.68. The third kappa shape index (κ3) is 3.30. The lowest BCUT2D eigenvalue weighted by molar-refractivity contribution is 0.319. The molecule has 0 aromatic carbocycles. The van der Waals surface area contributed by atoms with Gasteiger partial charge in [0.15, 0.2) is 0 Å². The molecule has 41 valence electrons. The van der Waals surface area contributed by atoms with E-state index in [0.29, 0.717) is 0 Å². The molecule has 1 atom stereocenters. The molecule has 0 fully saturated rings. The summed E-state index contributed by atoms with van der Waals surface area (Å²) in [7, 11) is 0. The Morgan fingerprint density at radius 2 is 2.57 bits per heavy atom. The summed E-state index contributed by atoms with van der Waals surface area (Å²) in [5, 5.41) is 10.7. The van der Waals surface area contributed by atoms with Gasteiger partial charge < -0.3 is 5.21 Å². The van der Waals surface area contributed by atoms with Crippen LogP contribution >= 0.6 is 0 Å². The fraction of sp³-hybridized carbons (Fsp3) is 0.600. The van der Waals surface area contributed by atoms with Crippen LogP contribution in [0.5, 0.6) is 0 Å². The third-order valence-corrected chi connectivity index (χ3v) is 0.802. The zero-order valence-electron chi connectivity index (χ0n) is 4.46. The Balaban J connectivity index is 3.16. The van der Waals surface area contributed by atoms with Crippen molar-refractivity contribution in [2.24, 2.45) is 11.1 Å². The van der Waals surface area contributed by atoms with Gasteiger partial charge in [0.05, 0.1) is 0 Å². The minimum absolute atomic E-state index is 0.157. The molecule has 0 aliphatic rings. The van der Waals surface area contributed by atoms with Gasteiger partial charge in [0, 0.05) is 6.21 Å². The molecular weight excluding hydrogens is 90.1 g/mol. The first kappa shape index (κ1) is 6.47. The molecule has 1 N–H and O–H groups in total. The molecule has 0 aliphatic carbocycles. The molecule has 0 bridgehead atoms. The van der Waals surface area contributed by atoms with E-state index in [-0.39, 0.29) is 5.92 Å². The van der Waals surface area contributed by atoms with Crippen LogP contribution in [0, 0.1) is 12.8 Å². The van der Waals surface area contributed by atoms with E-state index in [4.69, 9.17) is 5.21 Å². The monoisotopic (exact) mass is 100 g/mol. The van der Waals surface area contributed by atoms with Gasteiger partial charge in [-0.15, -0.1) is 5.16 Å².